The van der Waals surface area contributed by atoms with E-state index < -0.39 is 0 Å². The maximum Gasteiger partial charge on any atom is 0.272 e. The zero-order valence-corrected chi connectivity index (χ0v) is 10.1. The zero-order chi connectivity index (χ0) is 12.3. The van der Waals surface area contributed by atoms with Crippen LogP contribution < -0.4 is 5.32 Å². The summed E-state index contributed by atoms with van der Waals surface area (Å²) < 4.78 is 0. The van der Waals surface area contributed by atoms with Crippen LogP contribution in [0.1, 0.15) is 21.7 Å². The number of carbonyl (C=O) groups is 1. The fourth-order valence-corrected chi connectivity index (χ4v) is 1.67. The number of H-pyrrole nitrogens is 1. The van der Waals surface area contributed by atoms with Crippen LogP contribution in [0.4, 0.5) is 0 Å². The largest absolute Gasteiger partial charge is 0.347 e. The molecular formula is C12H12ClN3O. The van der Waals surface area contributed by atoms with Gasteiger partial charge in [-0.3, -0.25) is 9.89 Å². The van der Waals surface area contributed by atoms with Crippen LogP contribution in [0.3, 0.4) is 0 Å². The van der Waals surface area contributed by atoms with Gasteiger partial charge in [0.25, 0.3) is 5.91 Å². The Balaban J connectivity index is 1.97. The number of aromatic nitrogens is 2. The molecule has 2 N–H and O–H groups in total. The molecule has 1 amide bonds. The Bertz CT molecular complexity index is 536. The molecule has 0 aliphatic carbocycles. The van der Waals surface area contributed by atoms with E-state index in [2.05, 4.69) is 15.5 Å². The molecule has 1 aromatic heterocycles. The lowest BCUT2D eigenvalue weighted by Crippen LogP contribution is -2.23. The van der Waals surface area contributed by atoms with Gasteiger partial charge < -0.3 is 5.32 Å². The van der Waals surface area contributed by atoms with Gasteiger partial charge in [-0.2, -0.15) is 5.10 Å². The quantitative estimate of drug-likeness (QED) is 0.877. The average Bonchev–Trinajstić information content (AvgIpc) is 2.73. The molecule has 1 heterocycles. The molecule has 0 saturated heterocycles. The molecule has 17 heavy (non-hydrogen) atoms. The van der Waals surface area contributed by atoms with Crippen LogP contribution in [-0.4, -0.2) is 16.1 Å². The first kappa shape index (κ1) is 11.7. The van der Waals surface area contributed by atoms with Crippen LogP contribution in [-0.2, 0) is 6.54 Å². The van der Waals surface area contributed by atoms with E-state index >= 15 is 0 Å². The molecule has 5 heteroatoms. The van der Waals surface area contributed by atoms with Gasteiger partial charge in [-0.25, -0.2) is 0 Å². The van der Waals surface area contributed by atoms with Gasteiger partial charge in [-0.15, -0.1) is 0 Å². The lowest BCUT2D eigenvalue weighted by Gasteiger charge is -2.03. The van der Waals surface area contributed by atoms with Crippen LogP contribution in [0, 0.1) is 6.92 Å². The molecule has 0 spiro atoms. The maximum atomic E-state index is 11.7. The molecule has 0 atom stereocenters. The SMILES string of the molecule is Cc1cc(C(=O)NCc2cccc(Cl)c2)n[nH]1. The first-order valence-electron chi connectivity index (χ1n) is 5.20. The predicted octanol–water partition coefficient (Wildman–Crippen LogP) is 2.30. The number of hydrogen-bond donors (Lipinski definition) is 2. The average molecular weight is 250 g/mol. The Morgan fingerprint density at radius 3 is 2.94 bits per heavy atom. The number of amides is 1. The molecule has 1 aromatic carbocycles. The van der Waals surface area contributed by atoms with Crippen molar-refractivity contribution in [3.63, 3.8) is 0 Å². The van der Waals surface area contributed by atoms with E-state index in [1.54, 1.807) is 12.1 Å². The van der Waals surface area contributed by atoms with Crippen molar-refractivity contribution < 1.29 is 4.79 Å². The first-order valence-corrected chi connectivity index (χ1v) is 5.57. The summed E-state index contributed by atoms with van der Waals surface area (Å²) in [6, 6.07) is 9.07. The highest BCUT2D eigenvalue weighted by Crippen LogP contribution is 2.10. The molecular weight excluding hydrogens is 238 g/mol. The normalized spacial score (nSPS) is 10.2. The van der Waals surface area contributed by atoms with Crippen molar-refractivity contribution in [2.45, 2.75) is 13.5 Å². The number of carbonyl (C=O) groups excluding carboxylic acids is 1. The van der Waals surface area contributed by atoms with Gasteiger partial charge in [0.2, 0.25) is 0 Å². The topological polar surface area (TPSA) is 57.8 Å². The van der Waals surface area contributed by atoms with E-state index in [-0.39, 0.29) is 5.91 Å². The Hall–Kier alpha value is -1.81. The zero-order valence-electron chi connectivity index (χ0n) is 9.33. The van der Waals surface area contributed by atoms with Gasteiger partial charge in [0.05, 0.1) is 0 Å². The molecule has 2 aromatic rings. The standard InChI is InChI=1S/C12H12ClN3O/c1-8-5-11(16-15-8)12(17)14-7-9-3-2-4-10(13)6-9/h2-6H,7H2,1H3,(H,14,17)(H,15,16). The lowest BCUT2D eigenvalue weighted by molar-refractivity contribution is 0.0946. The van der Waals surface area contributed by atoms with Crippen molar-refractivity contribution in [1.29, 1.82) is 0 Å². The fraction of sp³-hybridized carbons (Fsp3) is 0.167. The van der Waals surface area contributed by atoms with Crippen molar-refractivity contribution in [1.82, 2.24) is 15.5 Å². The molecule has 0 bridgehead atoms. The number of nitrogens with zero attached hydrogens (tertiary/aromatic N) is 1. The van der Waals surface area contributed by atoms with Crippen molar-refractivity contribution in [3.8, 4) is 0 Å². The van der Waals surface area contributed by atoms with E-state index in [9.17, 15) is 4.79 Å². The van der Waals surface area contributed by atoms with Crippen molar-refractivity contribution >= 4 is 17.5 Å². The fourth-order valence-electron chi connectivity index (χ4n) is 1.45. The summed E-state index contributed by atoms with van der Waals surface area (Å²) in [5, 5.41) is 10.0. The summed E-state index contributed by atoms with van der Waals surface area (Å²) in [7, 11) is 0. The van der Waals surface area contributed by atoms with Crippen LogP contribution in [0.5, 0.6) is 0 Å². The summed E-state index contributed by atoms with van der Waals surface area (Å²) in [6.45, 7) is 2.28. The van der Waals surface area contributed by atoms with Gasteiger partial charge in [0.1, 0.15) is 5.69 Å². The first-order chi connectivity index (χ1) is 8.15. The summed E-state index contributed by atoms with van der Waals surface area (Å²) in [4.78, 5) is 11.7. The Morgan fingerprint density at radius 1 is 1.47 bits per heavy atom. The number of hydrogen-bond acceptors (Lipinski definition) is 2. The number of rotatable bonds is 3. The molecule has 4 nitrogen and oxygen atoms in total. The van der Waals surface area contributed by atoms with Gasteiger partial charge >= 0.3 is 0 Å². The smallest absolute Gasteiger partial charge is 0.272 e. The Kier molecular flexibility index (Phi) is 3.44. The molecule has 0 saturated carbocycles. The van der Waals surface area contributed by atoms with Crippen LogP contribution in [0.2, 0.25) is 5.02 Å². The molecule has 0 fully saturated rings. The van der Waals surface area contributed by atoms with E-state index in [0.717, 1.165) is 11.3 Å². The maximum absolute atomic E-state index is 11.7. The minimum absolute atomic E-state index is 0.200. The summed E-state index contributed by atoms with van der Waals surface area (Å²) in [5.41, 5.74) is 2.21. The highest BCUT2D eigenvalue weighted by Gasteiger charge is 2.08. The molecule has 0 radical (unpaired) electrons. The lowest BCUT2D eigenvalue weighted by atomic mass is 10.2. The number of benzene rings is 1. The molecule has 0 aliphatic rings. The number of aromatic amines is 1. The third-order valence-electron chi connectivity index (χ3n) is 2.28. The summed E-state index contributed by atoms with van der Waals surface area (Å²) in [6.07, 6.45) is 0. The van der Waals surface area contributed by atoms with E-state index in [1.165, 1.54) is 0 Å². The summed E-state index contributed by atoms with van der Waals surface area (Å²) in [5.74, 6) is -0.200. The van der Waals surface area contributed by atoms with E-state index in [0.29, 0.717) is 17.3 Å². The molecule has 88 valence electrons. The minimum Gasteiger partial charge on any atom is -0.347 e. The third-order valence-corrected chi connectivity index (χ3v) is 2.52. The molecule has 2 rings (SSSR count). The number of aryl methyl sites for hydroxylation is 1. The third kappa shape index (κ3) is 3.07. The highest BCUT2D eigenvalue weighted by atomic mass is 35.5. The van der Waals surface area contributed by atoms with Crippen LogP contribution >= 0.6 is 11.6 Å². The van der Waals surface area contributed by atoms with Crippen LogP contribution in [0.15, 0.2) is 30.3 Å². The monoisotopic (exact) mass is 249 g/mol. The summed E-state index contributed by atoms with van der Waals surface area (Å²) >= 11 is 5.85. The van der Waals surface area contributed by atoms with Crippen molar-refractivity contribution in [2.24, 2.45) is 0 Å². The van der Waals surface area contributed by atoms with Gasteiger partial charge in [-0.05, 0) is 30.7 Å². The predicted molar refractivity (Wildman–Crippen MR) is 65.9 cm³/mol. The highest BCUT2D eigenvalue weighted by molar-refractivity contribution is 6.30. The second-order valence-electron chi connectivity index (χ2n) is 3.75. The van der Waals surface area contributed by atoms with Crippen LogP contribution in [0.25, 0.3) is 0 Å². The number of halogens is 1. The van der Waals surface area contributed by atoms with Crippen molar-refractivity contribution in [3.05, 3.63) is 52.3 Å². The van der Waals surface area contributed by atoms with Gasteiger partial charge in [0, 0.05) is 17.3 Å². The van der Waals surface area contributed by atoms with E-state index in [4.69, 9.17) is 11.6 Å². The van der Waals surface area contributed by atoms with E-state index in [1.807, 2.05) is 25.1 Å². The van der Waals surface area contributed by atoms with Crippen molar-refractivity contribution in [2.75, 3.05) is 0 Å². The second-order valence-corrected chi connectivity index (χ2v) is 4.19. The Morgan fingerprint density at radius 2 is 2.29 bits per heavy atom. The molecule has 0 aliphatic heterocycles. The Labute approximate surface area is 104 Å². The second kappa shape index (κ2) is 5.01. The molecule has 0 unspecified atom stereocenters. The number of nitrogens with one attached hydrogen (secondary N) is 2. The van der Waals surface area contributed by atoms with Gasteiger partial charge in [0.15, 0.2) is 0 Å². The van der Waals surface area contributed by atoms with Gasteiger partial charge in [-0.1, -0.05) is 23.7 Å². The minimum atomic E-state index is -0.200.